The Balaban J connectivity index is 0.00000225. The van der Waals surface area contributed by atoms with Crippen molar-refractivity contribution in [2.45, 2.75) is 38.5 Å². The SMILES string of the molecule is CCNC(=NCC1CCCc2ccccc21)N(C)CC1CCOC1.I. The van der Waals surface area contributed by atoms with Crippen LogP contribution < -0.4 is 5.32 Å². The molecule has 1 heterocycles. The lowest BCUT2D eigenvalue weighted by molar-refractivity contribution is 0.181. The van der Waals surface area contributed by atoms with Crippen molar-refractivity contribution in [3.63, 3.8) is 0 Å². The highest BCUT2D eigenvalue weighted by Crippen LogP contribution is 2.31. The molecule has 140 valence electrons. The molecule has 0 saturated carbocycles. The average molecular weight is 457 g/mol. The summed E-state index contributed by atoms with van der Waals surface area (Å²) < 4.78 is 5.50. The maximum Gasteiger partial charge on any atom is 0.193 e. The van der Waals surface area contributed by atoms with E-state index in [1.54, 1.807) is 0 Å². The Hall–Kier alpha value is -0.820. The number of aliphatic imine (C=N–C) groups is 1. The number of nitrogens with one attached hydrogen (secondary N) is 1. The fourth-order valence-electron chi connectivity index (χ4n) is 3.91. The van der Waals surface area contributed by atoms with Gasteiger partial charge in [-0.25, -0.2) is 0 Å². The van der Waals surface area contributed by atoms with Crippen LogP contribution >= 0.6 is 24.0 Å². The summed E-state index contributed by atoms with van der Waals surface area (Å²) in [6.07, 6.45) is 4.92. The van der Waals surface area contributed by atoms with Crippen LogP contribution in [0.2, 0.25) is 0 Å². The summed E-state index contributed by atoms with van der Waals surface area (Å²) in [6.45, 7) is 6.74. The topological polar surface area (TPSA) is 36.9 Å². The van der Waals surface area contributed by atoms with E-state index in [2.05, 4.69) is 48.5 Å². The lowest BCUT2D eigenvalue weighted by atomic mass is 9.83. The summed E-state index contributed by atoms with van der Waals surface area (Å²) in [5, 5.41) is 3.45. The number of hydrogen-bond donors (Lipinski definition) is 1. The highest BCUT2D eigenvalue weighted by molar-refractivity contribution is 14.0. The Labute approximate surface area is 169 Å². The number of halogens is 1. The van der Waals surface area contributed by atoms with Gasteiger partial charge >= 0.3 is 0 Å². The van der Waals surface area contributed by atoms with E-state index in [1.807, 2.05) is 0 Å². The molecule has 5 heteroatoms. The van der Waals surface area contributed by atoms with Crippen LogP contribution in [0.3, 0.4) is 0 Å². The number of nitrogens with zero attached hydrogens (tertiary/aromatic N) is 2. The lowest BCUT2D eigenvalue weighted by Gasteiger charge is -2.27. The molecular weight excluding hydrogens is 425 g/mol. The van der Waals surface area contributed by atoms with Crippen molar-refractivity contribution >= 4 is 29.9 Å². The molecule has 2 aliphatic rings. The molecule has 0 radical (unpaired) electrons. The fraction of sp³-hybridized carbons (Fsp3) is 0.650. The van der Waals surface area contributed by atoms with Gasteiger partial charge in [0, 0.05) is 45.1 Å². The van der Waals surface area contributed by atoms with Gasteiger partial charge in [-0.3, -0.25) is 4.99 Å². The van der Waals surface area contributed by atoms with E-state index in [0.29, 0.717) is 11.8 Å². The molecule has 1 aromatic rings. The summed E-state index contributed by atoms with van der Waals surface area (Å²) in [7, 11) is 2.15. The first-order valence-corrected chi connectivity index (χ1v) is 9.43. The van der Waals surface area contributed by atoms with Crippen LogP contribution in [0, 0.1) is 5.92 Å². The minimum atomic E-state index is 0. The minimum absolute atomic E-state index is 0. The van der Waals surface area contributed by atoms with Crippen LogP contribution in [0.5, 0.6) is 0 Å². The zero-order chi connectivity index (χ0) is 16.8. The molecule has 2 unspecified atom stereocenters. The Morgan fingerprint density at radius 1 is 1.32 bits per heavy atom. The Bertz CT molecular complexity index is 558. The molecular formula is C20H32IN3O. The molecule has 1 aromatic carbocycles. The minimum Gasteiger partial charge on any atom is -0.381 e. The van der Waals surface area contributed by atoms with Crippen molar-refractivity contribution in [1.82, 2.24) is 10.2 Å². The molecule has 1 saturated heterocycles. The van der Waals surface area contributed by atoms with Crippen molar-refractivity contribution in [2.24, 2.45) is 10.9 Å². The number of rotatable bonds is 5. The van der Waals surface area contributed by atoms with Crippen molar-refractivity contribution in [3.8, 4) is 0 Å². The second-order valence-corrected chi connectivity index (χ2v) is 7.09. The van der Waals surface area contributed by atoms with E-state index >= 15 is 0 Å². The molecule has 1 aliphatic heterocycles. The molecule has 25 heavy (non-hydrogen) atoms. The van der Waals surface area contributed by atoms with Gasteiger partial charge in [0.15, 0.2) is 5.96 Å². The van der Waals surface area contributed by atoms with Gasteiger partial charge in [0.2, 0.25) is 0 Å². The standard InChI is InChI=1S/C20H31N3O.HI/c1-3-21-20(23(2)14-16-11-12-24-15-16)22-13-18-9-6-8-17-7-4-5-10-19(17)18;/h4-5,7,10,16,18H,3,6,8-9,11-15H2,1-2H3,(H,21,22);1H. The summed E-state index contributed by atoms with van der Waals surface area (Å²) in [4.78, 5) is 7.24. The van der Waals surface area contributed by atoms with Crippen molar-refractivity contribution < 1.29 is 4.74 Å². The molecule has 1 fully saturated rings. The van der Waals surface area contributed by atoms with Gasteiger partial charge in [0.05, 0.1) is 6.61 Å². The molecule has 1 aliphatic carbocycles. The molecule has 2 atom stereocenters. The van der Waals surface area contributed by atoms with E-state index in [1.165, 1.54) is 36.8 Å². The van der Waals surface area contributed by atoms with Gasteiger partial charge in [0.25, 0.3) is 0 Å². The molecule has 1 N–H and O–H groups in total. The zero-order valence-corrected chi connectivity index (χ0v) is 17.9. The van der Waals surface area contributed by atoms with Crippen LogP contribution in [0.15, 0.2) is 29.3 Å². The summed E-state index contributed by atoms with van der Waals surface area (Å²) >= 11 is 0. The number of hydrogen-bond acceptors (Lipinski definition) is 2. The number of guanidine groups is 1. The predicted molar refractivity (Wildman–Crippen MR) is 115 cm³/mol. The summed E-state index contributed by atoms with van der Waals surface area (Å²) in [5.41, 5.74) is 3.03. The van der Waals surface area contributed by atoms with Crippen LogP contribution in [-0.4, -0.2) is 50.8 Å². The van der Waals surface area contributed by atoms with Gasteiger partial charge < -0.3 is 15.0 Å². The normalized spacial score (nSPS) is 22.9. The quantitative estimate of drug-likeness (QED) is 0.417. The van der Waals surface area contributed by atoms with Gasteiger partial charge in [-0.2, -0.15) is 0 Å². The second kappa shape index (κ2) is 10.4. The molecule has 0 spiro atoms. The van der Waals surface area contributed by atoms with Crippen LogP contribution in [0.1, 0.15) is 43.2 Å². The molecule has 4 nitrogen and oxygen atoms in total. The van der Waals surface area contributed by atoms with Crippen molar-refractivity contribution in [1.29, 1.82) is 0 Å². The van der Waals surface area contributed by atoms with Crippen LogP contribution in [0.4, 0.5) is 0 Å². The number of ether oxygens (including phenoxy) is 1. The Morgan fingerprint density at radius 2 is 2.16 bits per heavy atom. The third-order valence-corrected chi connectivity index (χ3v) is 5.21. The maximum atomic E-state index is 5.50. The highest BCUT2D eigenvalue weighted by Gasteiger charge is 2.21. The Kier molecular flexibility index (Phi) is 8.49. The predicted octanol–water partition coefficient (Wildman–Crippen LogP) is 3.66. The van der Waals surface area contributed by atoms with E-state index in [9.17, 15) is 0 Å². The Morgan fingerprint density at radius 3 is 2.92 bits per heavy atom. The number of fused-ring (bicyclic) bond motifs is 1. The van der Waals surface area contributed by atoms with Crippen LogP contribution in [-0.2, 0) is 11.2 Å². The van der Waals surface area contributed by atoms with E-state index in [0.717, 1.165) is 38.8 Å². The van der Waals surface area contributed by atoms with Gasteiger partial charge in [-0.05, 0) is 43.7 Å². The third-order valence-electron chi connectivity index (χ3n) is 5.21. The lowest BCUT2D eigenvalue weighted by Crippen LogP contribution is -2.41. The van der Waals surface area contributed by atoms with E-state index < -0.39 is 0 Å². The molecule has 3 rings (SSSR count). The monoisotopic (exact) mass is 457 g/mol. The number of benzene rings is 1. The molecule has 0 bridgehead atoms. The maximum absolute atomic E-state index is 5.50. The first kappa shape index (κ1) is 20.5. The third kappa shape index (κ3) is 5.58. The van der Waals surface area contributed by atoms with Gasteiger partial charge in [-0.15, -0.1) is 24.0 Å². The first-order chi connectivity index (χ1) is 11.8. The van der Waals surface area contributed by atoms with Crippen LogP contribution in [0.25, 0.3) is 0 Å². The largest absolute Gasteiger partial charge is 0.381 e. The molecule has 0 aromatic heterocycles. The highest BCUT2D eigenvalue weighted by atomic mass is 127. The van der Waals surface area contributed by atoms with Gasteiger partial charge in [-0.1, -0.05) is 24.3 Å². The van der Waals surface area contributed by atoms with Crippen molar-refractivity contribution in [2.75, 3.05) is 39.9 Å². The van der Waals surface area contributed by atoms with Gasteiger partial charge in [0.1, 0.15) is 0 Å². The first-order valence-electron chi connectivity index (χ1n) is 9.43. The summed E-state index contributed by atoms with van der Waals surface area (Å²) in [6, 6.07) is 8.90. The molecule has 0 amide bonds. The second-order valence-electron chi connectivity index (χ2n) is 7.09. The van der Waals surface area contributed by atoms with E-state index in [4.69, 9.17) is 9.73 Å². The average Bonchev–Trinajstić information content (AvgIpc) is 3.11. The summed E-state index contributed by atoms with van der Waals surface area (Å²) in [5.74, 6) is 2.23. The number of aryl methyl sites for hydroxylation is 1. The smallest absolute Gasteiger partial charge is 0.193 e. The fourth-order valence-corrected chi connectivity index (χ4v) is 3.91. The van der Waals surface area contributed by atoms with Crippen molar-refractivity contribution in [3.05, 3.63) is 35.4 Å². The zero-order valence-electron chi connectivity index (χ0n) is 15.5. The van der Waals surface area contributed by atoms with E-state index in [-0.39, 0.29) is 24.0 Å².